The molecule has 0 radical (unpaired) electrons. The quantitative estimate of drug-likeness (QED) is 0.761. The Hall–Kier alpha value is -3.00. The molecule has 1 saturated heterocycles. The molecule has 2 aromatic rings. The van der Waals surface area contributed by atoms with Gasteiger partial charge < -0.3 is 20.7 Å². The number of aromatic nitrogens is 2. The molecule has 1 aliphatic rings. The molecule has 136 valence electrons. The van der Waals surface area contributed by atoms with Crippen LogP contribution in [0.15, 0.2) is 36.4 Å². The summed E-state index contributed by atoms with van der Waals surface area (Å²) in [5.74, 6) is 0.784. The van der Waals surface area contributed by atoms with Crippen LogP contribution < -0.4 is 16.0 Å². The number of nitrogens with one attached hydrogen (secondary N) is 3. The first-order valence-electron chi connectivity index (χ1n) is 8.47. The lowest BCUT2D eigenvalue weighted by Crippen LogP contribution is -2.28. The summed E-state index contributed by atoms with van der Waals surface area (Å²) in [5.41, 5.74) is 1.53. The maximum atomic E-state index is 12.2. The van der Waals surface area contributed by atoms with Crippen molar-refractivity contribution in [1.29, 1.82) is 0 Å². The van der Waals surface area contributed by atoms with E-state index in [2.05, 4.69) is 26.1 Å². The third kappa shape index (κ3) is 5.00. The molecular weight excluding hydrogens is 334 g/mol. The van der Waals surface area contributed by atoms with E-state index in [4.69, 9.17) is 4.74 Å². The van der Waals surface area contributed by atoms with E-state index in [9.17, 15) is 9.59 Å². The second-order valence-corrected chi connectivity index (χ2v) is 6.06. The van der Waals surface area contributed by atoms with Crippen LogP contribution in [0.5, 0.6) is 0 Å². The molecule has 2 heterocycles. The summed E-state index contributed by atoms with van der Waals surface area (Å²) in [6.45, 7) is 2.70. The number of carbonyl (C=O) groups is 2. The molecule has 0 aliphatic carbocycles. The molecule has 1 aromatic heterocycles. The molecule has 0 spiro atoms. The molecule has 2 amide bonds. The van der Waals surface area contributed by atoms with Crippen molar-refractivity contribution in [2.75, 3.05) is 29.2 Å². The minimum Gasteiger partial charge on any atom is -0.381 e. The molecule has 1 aliphatic heterocycles. The highest BCUT2D eigenvalue weighted by Gasteiger charge is 2.21. The van der Waals surface area contributed by atoms with Crippen LogP contribution in [0.1, 0.15) is 19.8 Å². The van der Waals surface area contributed by atoms with Gasteiger partial charge in [0.15, 0.2) is 11.6 Å². The van der Waals surface area contributed by atoms with Crippen molar-refractivity contribution >= 4 is 34.8 Å². The van der Waals surface area contributed by atoms with Crippen LogP contribution in [0.4, 0.5) is 23.0 Å². The Morgan fingerprint density at radius 2 is 1.54 bits per heavy atom. The van der Waals surface area contributed by atoms with Gasteiger partial charge in [0.25, 0.3) is 0 Å². The predicted molar refractivity (Wildman–Crippen MR) is 98.2 cm³/mol. The highest BCUT2D eigenvalue weighted by atomic mass is 16.5. The van der Waals surface area contributed by atoms with Crippen molar-refractivity contribution in [3.05, 3.63) is 36.4 Å². The Balaban J connectivity index is 1.55. The summed E-state index contributed by atoms with van der Waals surface area (Å²) < 4.78 is 5.26. The fraction of sp³-hybridized carbons (Fsp3) is 0.333. The number of hydrogen-bond acceptors (Lipinski definition) is 6. The summed E-state index contributed by atoms with van der Waals surface area (Å²) in [7, 11) is 0. The van der Waals surface area contributed by atoms with Crippen molar-refractivity contribution in [3.63, 3.8) is 0 Å². The zero-order valence-corrected chi connectivity index (χ0v) is 14.5. The van der Waals surface area contributed by atoms with Crippen LogP contribution in [0.2, 0.25) is 0 Å². The van der Waals surface area contributed by atoms with Gasteiger partial charge in [0.05, 0.1) is 0 Å². The molecular formula is C18H21N5O3. The Kier molecular flexibility index (Phi) is 5.75. The van der Waals surface area contributed by atoms with Crippen LogP contribution in [0, 0.1) is 5.92 Å². The van der Waals surface area contributed by atoms with Crippen LogP contribution in [-0.4, -0.2) is 35.2 Å². The third-order valence-corrected chi connectivity index (χ3v) is 3.99. The maximum Gasteiger partial charge on any atom is 0.228 e. The van der Waals surface area contributed by atoms with Gasteiger partial charge in [0.2, 0.25) is 11.8 Å². The Bertz CT molecular complexity index is 755. The van der Waals surface area contributed by atoms with Gasteiger partial charge in [-0.05, 0) is 49.2 Å². The standard InChI is InChI=1S/C18H21N5O3/c1-12(24)19-14-2-4-15(5-3-14)20-16-6-7-17(23-22-16)21-18(25)13-8-10-26-11-9-13/h2-7,13H,8-11H2,1H3,(H,19,24)(H,20,22)(H,21,23,25). The van der Waals surface area contributed by atoms with Gasteiger partial charge in [-0.1, -0.05) is 0 Å². The summed E-state index contributed by atoms with van der Waals surface area (Å²) in [5, 5.41) is 16.7. The number of rotatable bonds is 5. The first-order chi connectivity index (χ1) is 12.6. The third-order valence-electron chi connectivity index (χ3n) is 3.99. The van der Waals surface area contributed by atoms with Crippen LogP contribution in [0.25, 0.3) is 0 Å². The van der Waals surface area contributed by atoms with E-state index in [1.54, 1.807) is 24.3 Å². The maximum absolute atomic E-state index is 12.2. The monoisotopic (exact) mass is 355 g/mol. The fourth-order valence-corrected chi connectivity index (χ4v) is 2.64. The van der Waals surface area contributed by atoms with Gasteiger partial charge in [-0.3, -0.25) is 9.59 Å². The van der Waals surface area contributed by atoms with E-state index < -0.39 is 0 Å². The van der Waals surface area contributed by atoms with E-state index in [1.807, 2.05) is 12.1 Å². The van der Waals surface area contributed by atoms with Crippen LogP contribution in [-0.2, 0) is 14.3 Å². The average Bonchev–Trinajstić information content (AvgIpc) is 2.65. The number of carbonyl (C=O) groups excluding carboxylic acids is 2. The Labute approximate surface area is 151 Å². The number of amides is 2. The van der Waals surface area contributed by atoms with E-state index in [0.717, 1.165) is 24.2 Å². The number of nitrogens with zero attached hydrogens (tertiary/aromatic N) is 2. The molecule has 0 bridgehead atoms. The molecule has 8 heteroatoms. The minimum atomic E-state index is -0.116. The lowest BCUT2D eigenvalue weighted by Gasteiger charge is -2.20. The van der Waals surface area contributed by atoms with Gasteiger partial charge in [-0.25, -0.2) is 0 Å². The lowest BCUT2D eigenvalue weighted by atomic mass is 9.99. The average molecular weight is 355 g/mol. The van der Waals surface area contributed by atoms with Gasteiger partial charge in [-0.2, -0.15) is 0 Å². The number of benzene rings is 1. The number of hydrogen-bond donors (Lipinski definition) is 3. The molecule has 1 fully saturated rings. The molecule has 26 heavy (non-hydrogen) atoms. The van der Waals surface area contributed by atoms with Crippen molar-refractivity contribution < 1.29 is 14.3 Å². The summed E-state index contributed by atoms with van der Waals surface area (Å²) in [6.07, 6.45) is 1.46. The molecule has 0 unspecified atom stereocenters. The summed E-state index contributed by atoms with van der Waals surface area (Å²) in [6, 6.07) is 10.7. The number of anilines is 4. The van der Waals surface area contributed by atoms with Gasteiger partial charge in [-0.15, -0.1) is 10.2 Å². The first-order valence-corrected chi connectivity index (χ1v) is 8.47. The van der Waals surface area contributed by atoms with Crippen molar-refractivity contribution in [2.45, 2.75) is 19.8 Å². The van der Waals surface area contributed by atoms with E-state index in [0.29, 0.717) is 24.8 Å². The predicted octanol–water partition coefficient (Wildman–Crippen LogP) is 2.54. The van der Waals surface area contributed by atoms with Crippen molar-refractivity contribution in [3.8, 4) is 0 Å². The second kappa shape index (κ2) is 8.39. The Morgan fingerprint density at radius 1 is 0.923 bits per heavy atom. The smallest absolute Gasteiger partial charge is 0.228 e. The van der Waals surface area contributed by atoms with E-state index in [1.165, 1.54) is 6.92 Å². The largest absolute Gasteiger partial charge is 0.381 e. The zero-order valence-electron chi connectivity index (χ0n) is 14.5. The minimum absolute atomic E-state index is 0.0366. The van der Waals surface area contributed by atoms with E-state index in [-0.39, 0.29) is 17.7 Å². The molecule has 8 nitrogen and oxygen atoms in total. The topological polar surface area (TPSA) is 105 Å². The van der Waals surface area contributed by atoms with Crippen molar-refractivity contribution in [2.24, 2.45) is 5.92 Å². The van der Waals surface area contributed by atoms with Crippen LogP contribution in [0.3, 0.4) is 0 Å². The second-order valence-electron chi connectivity index (χ2n) is 6.06. The zero-order chi connectivity index (χ0) is 18.4. The fourth-order valence-electron chi connectivity index (χ4n) is 2.64. The molecule has 0 atom stereocenters. The lowest BCUT2D eigenvalue weighted by molar-refractivity contribution is -0.122. The molecule has 3 rings (SSSR count). The van der Waals surface area contributed by atoms with Crippen LogP contribution >= 0.6 is 0 Å². The molecule has 1 aromatic carbocycles. The van der Waals surface area contributed by atoms with Crippen molar-refractivity contribution in [1.82, 2.24) is 10.2 Å². The normalized spacial score (nSPS) is 14.5. The Morgan fingerprint density at radius 3 is 2.15 bits per heavy atom. The SMILES string of the molecule is CC(=O)Nc1ccc(Nc2ccc(NC(=O)C3CCOCC3)nn2)cc1. The highest BCUT2D eigenvalue weighted by molar-refractivity contribution is 5.91. The molecule has 0 saturated carbocycles. The van der Waals surface area contributed by atoms with E-state index >= 15 is 0 Å². The molecule has 3 N–H and O–H groups in total. The summed E-state index contributed by atoms with van der Waals surface area (Å²) in [4.78, 5) is 23.2. The van der Waals surface area contributed by atoms with Gasteiger partial charge >= 0.3 is 0 Å². The highest BCUT2D eigenvalue weighted by Crippen LogP contribution is 2.19. The van der Waals surface area contributed by atoms with Gasteiger partial charge in [0.1, 0.15) is 0 Å². The number of ether oxygens (including phenoxy) is 1. The first kappa shape index (κ1) is 17.8. The van der Waals surface area contributed by atoms with Gasteiger partial charge in [0, 0.05) is 37.4 Å². The summed E-state index contributed by atoms with van der Waals surface area (Å²) >= 11 is 0.